The monoisotopic (exact) mass is 650 g/mol. The number of carbonyl (C=O) groups is 1. The fourth-order valence-corrected chi connectivity index (χ4v) is 6.63. The number of halogens is 2. The maximum Gasteiger partial charge on any atom is 0.338 e. The zero-order valence-corrected chi connectivity index (χ0v) is 24.7. The Labute approximate surface area is 234 Å². The number of carbonyl (C=O) groups excluding carboxylic acids is 1. The molecule has 0 bridgehead atoms. The number of methoxy groups -OCH3 is 3. The van der Waals surface area contributed by atoms with Crippen molar-refractivity contribution in [3.05, 3.63) is 81.4 Å². The van der Waals surface area contributed by atoms with E-state index in [1.54, 1.807) is 52.3 Å². The Bertz CT molecular complexity index is 1590. The lowest BCUT2D eigenvalue weighted by atomic mass is 9.95. The molecule has 0 aliphatic carbocycles. The molecule has 0 spiro atoms. The third kappa shape index (κ3) is 5.12. The van der Waals surface area contributed by atoms with E-state index in [0.717, 1.165) is 8.95 Å². The average molecular weight is 652 g/mol. The number of hydrogen-bond donors (Lipinski definition) is 0. The Hall–Kier alpha value is -2.89. The molecule has 1 atom stereocenters. The molecule has 0 saturated carbocycles. The van der Waals surface area contributed by atoms with Crippen molar-refractivity contribution in [2.75, 3.05) is 27.9 Å². The summed E-state index contributed by atoms with van der Waals surface area (Å²) in [4.78, 5) is 32.1. The lowest BCUT2D eigenvalue weighted by molar-refractivity contribution is -0.139. The fraction of sp³-hybridized carbons (Fsp3) is 0.269. The van der Waals surface area contributed by atoms with Crippen LogP contribution in [-0.2, 0) is 9.53 Å². The number of rotatable bonds is 7. The molecule has 3 aromatic rings. The number of fused-ring (bicyclic) bond motifs is 1. The highest BCUT2D eigenvalue weighted by molar-refractivity contribution is 9.11. The van der Waals surface area contributed by atoms with Crippen molar-refractivity contribution in [3.8, 4) is 17.2 Å². The van der Waals surface area contributed by atoms with Gasteiger partial charge in [-0.2, -0.15) is 0 Å². The van der Waals surface area contributed by atoms with Crippen molar-refractivity contribution in [1.29, 1.82) is 0 Å². The normalized spacial score (nSPS) is 15.2. The summed E-state index contributed by atoms with van der Waals surface area (Å²) in [6.45, 7) is 3.65. The SMILES string of the molecule is CCOC(=O)C1=C(C)N=c2s/c(=C\c3cc(Br)cc(Br)c3OC)c(=O)n2[C@H]1c1ccc(OC)cc1OC. The minimum atomic E-state index is -0.811. The first-order valence-electron chi connectivity index (χ1n) is 11.2. The molecule has 2 heterocycles. The minimum Gasteiger partial charge on any atom is -0.497 e. The van der Waals surface area contributed by atoms with E-state index in [-0.39, 0.29) is 17.7 Å². The van der Waals surface area contributed by atoms with E-state index in [1.807, 2.05) is 12.1 Å². The van der Waals surface area contributed by atoms with E-state index in [2.05, 4.69) is 36.9 Å². The minimum absolute atomic E-state index is 0.185. The fourth-order valence-electron chi connectivity index (χ4n) is 4.17. The number of benzene rings is 2. The number of thiazole rings is 1. The van der Waals surface area contributed by atoms with Gasteiger partial charge >= 0.3 is 5.97 Å². The summed E-state index contributed by atoms with van der Waals surface area (Å²) < 4.78 is 25.4. The summed E-state index contributed by atoms with van der Waals surface area (Å²) in [5, 5.41) is 0. The van der Waals surface area contributed by atoms with Gasteiger partial charge in [-0.15, -0.1) is 0 Å². The molecule has 2 aromatic carbocycles. The molecule has 4 rings (SSSR count). The van der Waals surface area contributed by atoms with Gasteiger partial charge in [0.2, 0.25) is 0 Å². The lowest BCUT2D eigenvalue weighted by Crippen LogP contribution is -2.40. The number of esters is 1. The quantitative estimate of drug-likeness (QED) is 0.353. The molecule has 0 saturated heterocycles. The van der Waals surface area contributed by atoms with Crippen molar-refractivity contribution in [3.63, 3.8) is 0 Å². The highest BCUT2D eigenvalue weighted by atomic mass is 79.9. The predicted octanol–water partition coefficient (Wildman–Crippen LogP) is 4.35. The summed E-state index contributed by atoms with van der Waals surface area (Å²) in [7, 11) is 4.65. The summed E-state index contributed by atoms with van der Waals surface area (Å²) in [6.07, 6.45) is 1.75. The zero-order chi connectivity index (χ0) is 26.9. The van der Waals surface area contributed by atoms with Gasteiger partial charge in [0.1, 0.15) is 23.3 Å². The van der Waals surface area contributed by atoms with E-state index in [9.17, 15) is 9.59 Å². The highest BCUT2D eigenvalue weighted by Gasteiger charge is 2.35. The van der Waals surface area contributed by atoms with Crippen LogP contribution in [0.5, 0.6) is 17.2 Å². The molecule has 1 aromatic heterocycles. The van der Waals surface area contributed by atoms with Gasteiger partial charge in [-0.25, -0.2) is 9.79 Å². The van der Waals surface area contributed by atoms with Gasteiger partial charge in [0.15, 0.2) is 4.80 Å². The number of ether oxygens (including phenoxy) is 4. The summed E-state index contributed by atoms with van der Waals surface area (Å²) in [6, 6.07) is 8.17. The third-order valence-electron chi connectivity index (χ3n) is 5.78. The van der Waals surface area contributed by atoms with Crippen LogP contribution in [0, 0.1) is 0 Å². The molecule has 0 amide bonds. The van der Waals surface area contributed by atoms with Crippen molar-refractivity contribution in [2.24, 2.45) is 4.99 Å². The van der Waals surface area contributed by atoms with Gasteiger partial charge < -0.3 is 18.9 Å². The lowest BCUT2D eigenvalue weighted by Gasteiger charge is -2.26. The largest absolute Gasteiger partial charge is 0.497 e. The van der Waals surface area contributed by atoms with Crippen LogP contribution in [-0.4, -0.2) is 38.5 Å². The smallest absolute Gasteiger partial charge is 0.338 e. The molecule has 0 fully saturated rings. The van der Waals surface area contributed by atoms with Crippen molar-refractivity contribution >= 4 is 55.2 Å². The second kappa shape index (κ2) is 11.2. The van der Waals surface area contributed by atoms with Crippen molar-refractivity contribution in [1.82, 2.24) is 4.57 Å². The van der Waals surface area contributed by atoms with Crippen LogP contribution in [0.1, 0.15) is 31.0 Å². The molecule has 0 radical (unpaired) electrons. The molecule has 1 aliphatic rings. The van der Waals surface area contributed by atoms with Gasteiger partial charge in [-0.1, -0.05) is 27.3 Å². The first-order chi connectivity index (χ1) is 17.7. The summed E-state index contributed by atoms with van der Waals surface area (Å²) in [5.41, 5.74) is 1.74. The molecule has 37 heavy (non-hydrogen) atoms. The first-order valence-corrected chi connectivity index (χ1v) is 13.6. The van der Waals surface area contributed by atoms with Crippen LogP contribution in [0.2, 0.25) is 0 Å². The Kier molecular flexibility index (Phi) is 8.25. The van der Waals surface area contributed by atoms with E-state index >= 15 is 0 Å². The van der Waals surface area contributed by atoms with E-state index in [1.165, 1.54) is 23.0 Å². The number of nitrogens with zero attached hydrogens (tertiary/aromatic N) is 2. The first kappa shape index (κ1) is 27.2. The van der Waals surface area contributed by atoms with Crippen LogP contribution in [0.15, 0.2) is 60.3 Å². The van der Waals surface area contributed by atoms with E-state index < -0.39 is 12.0 Å². The van der Waals surface area contributed by atoms with E-state index in [0.29, 0.717) is 43.4 Å². The molecular weight excluding hydrogens is 628 g/mol. The van der Waals surface area contributed by atoms with Crippen molar-refractivity contribution in [2.45, 2.75) is 19.9 Å². The van der Waals surface area contributed by atoms with Crippen molar-refractivity contribution < 1.29 is 23.7 Å². The Balaban J connectivity index is 2.02. The number of aromatic nitrogens is 1. The van der Waals surface area contributed by atoms with Gasteiger partial charge in [0, 0.05) is 21.7 Å². The Morgan fingerprint density at radius 2 is 1.89 bits per heavy atom. The molecule has 0 N–H and O–H groups in total. The van der Waals surface area contributed by atoms with Gasteiger partial charge in [0.05, 0.1) is 48.2 Å². The number of hydrogen-bond acceptors (Lipinski definition) is 8. The van der Waals surface area contributed by atoms with Crippen LogP contribution < -0.4 is 29.1 Å². The second-order valence-corrected chi connectivity index (χ2v) is 10.7. The van der Waals surface area contributed by atoms with Gasteiger partial charge in [-0.05, 0) is 60.1 Å². The maximum absolute atomic E-state index is 13.9. The Morgan fingerprint density at radius 1 is 1.14 bits per heavy atom. The summed E-state index contributed by atoms with van der Waals surface area (Å²) >= 11 is 8.23. The molecule has 1 aliphatic heterocycles. The number of allylic oxidation sites excluding steroid dienone is 1. The van der Waals surface area contributed by atoms with Gasteiger partial charge in [-0.3, -0.25) is 9.36 Å². The standard InChI is InChI=1S/C26H24Br2N2O6S/c1-6-36-25(32)21-13(2)29-26-30(22(21)17-8-7-16(33-3)12-19(17)34-4)24(31)20(37-26)10-14-9-15(27)11-18(28)23(14)35-5/h7-12,22H,6H2,1-5H3/b20-10-/t22-/m0/s1. The third-order valence-corrected chi connectivity index (χ3v) is 7.81. The molecule has 194 valence electrons. The highest BCUT2D eigenvalue weighted by Crippen LogP contribution is 2.38. The maximum atomic E-state index is 13.9. The molecule has 11 heteroatoms. The average Bonchev–Trinajstić information content (AvgIpc) is 3.16. The van der Waals surface area contributed by atoms with Crippen LogP contribution >= 0.6 is 43.2 Å². The predicted molar refractivity (Wildman–Crippen MR) is 148 cm³/mol. The van der Waals surface area contributed by atoms with E-state index in [4.69, 9.17) is 18.9 Å². The topological polar surface area (TPSA) is 88.4 Å². The van der Waals surface area contributed by atoms with Crippen LogP contribution in [0.25, 0.3) is 6.08 Å². The van der Waals surface area contributed by atoms with Crippen LogP contribution in [0.3, 0.4) is 0 Å². The molecule has 8 nitrogen and oxygen atoms in total. The van der Waals surface area contributed by atoms with Crippen LogP contribution in [0.4, 0.5) is 0 Å². The van der Waals surface area contributed by atoms with Gasteiger partial charge in [0.25, 0.3) is 5.56 Å². The molecular formula is C26H24Br2N2O6S. The zero-order valence-electron chi connectivity index (χ0n) is 20.8. The second-order valence-electron chi connectivity index (χ2n) is 7.92. The Morgan fingerprint density at radius 3 is 2.54 bits per heavy atom. The molecule has 0 unspecified atom stereocenters. The summed E-state index contributed by atoms with van der Waals surface area (Å²) in [5.74, 6) is 1.09.